The summed E-state index contributed by atoms with van der Waals surface area (Å²) in [7, 11) is 0. The molecule has 1 aromatic rings. The molecule has 6 heteroatoms. The molecule has 0 aliphatic heterocycles. The van der Waals surface area contributed by atoms with Crippen molar-refractivity contribution in [3.05, 3.63) is 33.8 Å². The van der Waals surface area contributed by atoms with Crippen LogP contribution in [0, 0.1) is 6.92 Å². The molecule has 0 saturated heterocycles. The van der Waals surface area contributed by atoms with Crippen LogP contribution in [0.4, 0.5) is 0 Å². The molecule has 2 N–H and O–H groups in total. The first-order valence-corrected chi connectivity index (χ1v) is 6.08. The van der Waals surface area contributed by atoms with Crippen molar-refractivity contribution >= 4 is 27.9 Å². The number of benzene rings is 1. The lowest BCUT2D eigenvalue weighted by atomic mass is 10.1. The van der Waals surface area contributed by atoms with Gasteiger partial charge in [0.1, 0.15) is 0 Å². The van der Waals surface area contributed by atoms with E-state index < -0.39 is 11.9 Å². The summed E-state index contributed by atoms with van der Waals surface area (Å²) in [5.74, 6) is -2.08. The van der Waals surface area contributed by atoms with Crippen LogP contribution in [0.1, 0.15) is 11.1 Å². The second kappa shape index (κ2) is 6.51. The molecule has 0 heterocycles. The Morgan fingerprint density at radius 3 is 2.22 bits per heavy atom. The number of halogens is 1. The maximum Gasteiger partial charge on any atom is 0.317 e. The van der Waals surface area contributed by atoms with Gasteiger partial charge in [0.25, 0.3) is 0 Å². The number of hydrogen-bond donors (Lipinski definition) is 2. The van der Waals surface area contributed by atoms with Gasteiger partial charge in [0.05, 0.1) is 13.1 Å². The van der Waals surface area contributed by atoms with E-state index in [0.717, 1.165) is 15.6 Å². The Bertz CT molecular complexity index is 445. The van der Waals surface area contributed by atoms with Gasteiger partial charge in [-0.2, -0.15) is 0 Å². The van der Waals surface area contributed by atoms with E-state index in [2.05, 4.69) is 15.9 Å². The third-order valence-corrected chi connectivity index (χ3v) is 3.06. The molecule has 0 unspecified atom stereocenters. The maximum atomic E-state index is 10.7. The highest BCUT2D eigenvalue weighted by molar-refractivity contribution is 9.10. The molecular weight excluding hydrogens is 302 g/mol. The fraction of sp³-hybridized carbons (Fsp3) is 0.333. The Morgan fingerprint density at radius 1 is 1.22 bits per heavy atom. The van der Waals surface area contributed by atoms with E-state index in [0.29, 0.717) is 0 Å². The zero-order valence-corrected chi connectivity index (χ0v) is 11.5. The van der Waals surface area contributed by atoms with Crippen molar-refractivity contribution < 1.29 is 19.8 Å². The van der Waals surface area contributed by atoms with E-state index in [1.807, 2.05) is 25.1 Å². The van der Waals surface area contributed by atoms with Crippen LogP contribution < -0.4 is 0 Å². The van der Waals surface area contributed by atoms with Crippen LogP contribution in [0.2, 0.25) is 0 Å². The number of aryl methyl sites for hydroxylation is 1. The first kappa shape index (κ1) is 14.7. The van der Waals surface area contributed by atoms with Crippen molar-refractivity contribution in [1.82, 2.24) is 4.90 Å². The van der Waals surface area contributed by atoms with E-state index in [4.69, 9.17) is 10.2 Å². The van der Waals surface area contributed by atoms with E-state index in [-0.39, 0.29) is 19.6 Å². The van der Waals surface area contributed by atoms with Gasteiger partial charge in [0, 0.05) is 11.0 Å². The first-order chi connectivity index (χ1) is 8.38. The topological polar surface area (TPSA) is 77.8 Å². The van der Waals surface area contributed by atoms with Crippen LogP contribution in [-0.2, 0) is 16.1 Å². The summed E-state index contributed by atoms with van der Waals surface area (Å²) in [5.41, 5.74) is 1.94. The molecule has 0 saturated carbocycles. The van der Waals surface area contributed by atoms with Gasteiger partial charge in [-0.25, -0.2) is 0 Å². The summed E-state index contributed by atoms with van der Waals surface area (Å²) in [4.78, 5) is 22.7. The lowest BCUT2D eigenvalue weighted by molar-refractivity contribution is -0.142. The Morgan fingerprint density at radius 2 is 1.78 bits per heavy atom. The molecular formula is C12H14BrNO4. The molecule has 18 heavy (non-hydrogen) atoms. The van der Waals surface area contributed by atoms with Gasteiger partial charge in [-0.15, -0.1) is 0 Å². The number of hydrogen-bond acceptors (Lipinski definition) is 3. The summed E-state index contributed by atoms with van der Waals surface area (Å²) in [6.45, 7) is 1.62. The predicted molar refractivity (Wildman–Crippen MR) is 69.4 cm³/mol. The average molecular weight is 316 g/mol. The van der Waals surface area contributed by atoms with Gasteiger partial charge in [-0.05, 0) is 24.1 Å². The monoisotopic (exact) mass is 315 g/mol. The molecule has 0 radical (unpaired) electrons. The first-order valence-electron chi connectivity index (χ1n) is 5.29. The Labute approximate surface area is 113 Å². The van der Waals surface area contributed by atoms with Crippen LogP contribution in [0.5, 0.6) is 0 Å². The minimum Gasteiger partial charge on any atom is -0.480 e. The zero-order valence-electron chi connectivity index (χ0n) is 9.89. The molecule has 1 rings (SSSR count). The van der Waals surface area contributed by atoms with E-state index in [9.17, 15) is 9.59 Å². The summed E-state index contributed by atoms with van der Waals surface area (Å²) < 4.78 is 0.850. The van der Waals surface area contributed by atoms with Gasteiger partial charge < -0.3 is 10.2 Å². The molecule has 5 nitrogen and oxygen atoms in total. The Balaban J connectivity index is 2.81. The van der Waals surface area contributed by atoms with Crippen molar-refractivity contribution in [3.8, 4) is 0 Å². The van der Waals surface area contributed by atoms with E-state index in [1.54, 1.807) is 0 Å². The summed E-state index contributed by atoms with van der Waals surface area (Å²) in [6.07, 6.45) is 0. The highest BCUT2D eigenvalue weighted by atomic mass is 79.9. The number of carboxylic acids is 2. The normalized spacial score (nSPS) is 10.6. The summed E-state index contributed by atoms with van der Waals surface area (Å²) in [6, 6.07) is 5.67. The number of carboxylic acid groups (broad SMARTS) is 2. The van der Waals surface area contributed by atoms with Gasteiger partial charge in [0.15, 0.2) is 0 Å². The minimum atomic E-state index is -1.04. The van der Waals surface area contributed by atoms with Crippen LogP contribution >= 0.6 is 15.9 Å². The van der Waals surface area contributed by atoms with Crippen LogP contribution in [-0.4, -0.2) is 40.1 Å². The molecule has 0 aliphatic carbocycles. The highest BCUT2D eigenvalue weighted by Gasteiger charge is 2.15. The fourth-order valence-corrected chi connectivity index (χ4v) is 2.19. The molecule has 0 aromatic heterocycles. The lowest BCUT2D eigenvalue weighted by Crippen LogP contribution is -2.34. The smallest absolute Gasteiger partial charge is 0.317 e. The van der Waals surface area contributed by atoms with Gasteiger partial charge >= 0.3 is 11.9 Å². The minimum absolute atomic E-state index is 0.277. The summed E-state index contributed by atoms with van der Waals surface area (Å²) in [5, 5.41) is 17.5. The van der Waals surface area contributed by atoms with Gasteiger partial charge in [0.2, 0.25) is 0 Å². The quantitative estimate of drug-likeness (QED) is 0.836. The molecule has 0 amide bonds. The Kier molecular flexibility index (Phi) is 5.30. The molecule has 0 fully saturated rings. The third kappa shape index (κ3) is 4.85. The third-order valence-electron chi connectivity index (χ3n) is 2.32. The second-order valence-electron chi connectivity index (χ2n) is 4.03. The molecule has 0 atom stereocenters. The van der Waals surface area contributed by atoms with Gasteiger partial charge in [-0.3, -0.25) is 14.5 Å². The number of aliphatic carboxylic acids is 2. The second-order valence-corrected chi connectivity index (χ2v) is 4.88. The number of rotatable bonds is 6. The van der Waals surface area contributed by atoms with Crippen LogP contribution in [0.15, 0.2) is 22.7 Å². The number of nitrogens with zero attached hydrogens (tertiary/aromatic N) is 1. The molecule has 0 bridgehead atoms. The summed E-state index contributed by atoms with van der Waals surface area (Å²) >= 11 is 3.39. The maximum absolute atomic E-state index is 10.7. The molecule has 0 aliphatic rings. The van der Waals surface area contributed by atoms with E-state index in [1.165, 1.54) is 4.90 Å². The molecule has 1 aromatic carbocycles. The van der Waals surface area contributed by atoms with Crippen molar-refractivity contribution in [2.24, 2.45) is 0 Å². The largest absolute Gasteiger partial charge is 0.480 e. The standard InChI is InChI=1S/C12H14BrNO4/c1-8-2-3-9(10(13)4-8)5-14(6-11(15)16)7-12(17)18/h2-4H,5-7H2,1H3,(H,15,16)(H,17,18). The molecule has 98 valence electrons. The van der Waals surface area contributed by atoms with Crippen molar-refractivity contribution in [2.75, 3.05) is 13.1 Å². The number of carbonyl (C=O) groups is 2. The lowest BCUT2D eigenvalue weighted by Gasteiger charge is -2.18. The fourth-order valence-electron chi connectivity index (χ4n) is 1.57. The van der Waals surface area contributed by atoms with Crippen molar-refractivity contribution in [2.45, 2.75) is 13.5 Å². The zero-order chi connectivity index (χ0) is 13.7. The van der Waals surface area contributed by atoms with Crippen molar-refractivity contribution in [1.29, 1.82) is 0 Å². The van der Waals surface area contributed by atoms with E-state index >= 15 is 0 Å². The molecule has 0 spiro atoms. The van der Waals surface area contributed by atoms with Gasteiger partial charge in [-0.1, -0.05) is 28.1 Å². The SMILES string of the molecule is Cc1ccc(CN(CC(=O)O)CC(=O)O)c(Br)c1. The predicted octanol–water partition coefficient (Wildman–Crippen LogP) is 1.73. The average Bonchev–Trinajstić information content (AvgIpc) is 2.20. The Hall–Kier alpha value is -1.40. The van der Waals surface area contributed by atoms with Crippen molar-refractivity contribution in [3.63, 3.8) is 0 Å². The van der Waals surface area contributed by atoms with Crippen LogP contribution in [0.3, 0.4) is 0 Å². The van der Waals surface area contributed by atoms with Crippen LogP contribution in [0.25, 0.3) is 0 Å². The highest BCUT2D eigenvalue weighted by Crippen LogP contribution is 2.19.